The molecule has 1 N–H and O–H groups in total. The van der Waals surface area contributed by atoms with Crippen molar-refractivity contribution in [2.75, 3.05) is 13.1 Å². The first kappa shape index (κ1) is 11.9. The number of aryl methyl sites for hydroxylation is 1. The summed E-state index contributed by atoms with van der Waals surface area (Å²) in [5.41, 5.74) is 1.41. The van der Waals surface area contributed by atoms with Crippen molar-refractivity contribution in [3.63, 3.8) is 0 Å². The Labute approximate surface area is 112 Å². The van der Waals surface area contributed by atoms with E-state index < -0.39 is 0 Å². The van der Waals surface area contributed by atoms with E-state index in [0.717, 1.165) is 19.6 Å². The standard InChI is InChI=1S/C14H19N3S/c1-11-2-3-13(18-11)9-17-10-16-8-14(17)12-4-6-15-7-5-12/h2-3,8,10,12,15H,4-7,9H2,1H3. The minimum Gasteiger partial charge on any atom is -0.329 e. The third-order valence-electron chi connectivity index (χ3n) is 3.62. The lowest BCUT2D eigenvalue weighted by Crippen LogP contribution is -2.27. The maximum atomic E-state index is 4.35. The Bertz CT molecular complexity index is 509. The van der Waals surface area contributed by atoms with Crippen LogP contribution >= 0.6 is 11.3 Å². The molecule has 0 atom stereocenters. The summed E-state index contributed by atoms with van der Waals surface area (Å²) in [6, 6.07) is 4.42. The Kier molecular flexibility index (Phi) is 3.48. The second-order valence-corrected chi connectivity index (χ2v) is 6.36. The fourth-order valence-electron chi connectivity index (χ4n) is 2.66. The Hall–Kier alpha value is -1.13. The molecule has 3 rings (SSSR count). The zero-order valence-electron chi connectivity index (χ0n) is 10.7. The highest BCUT2D eigenvalue weighted by molar-refractivity contribution is 7.11. The van der Waals surface area contributed by atoms with Crippen molar-refractivity contribution in [1.82, 2.24) is 14.9 Å². The highest BCUT2D eigenvalue weighted by Crippen LogP contribution is 2.26. The third-order valence-corrected chi connectivity index (χ3v) is 4.61. The van der Waals surface area contributed by atoms with Crippen LogP contribution in [0.3, 0.4) is 0 Å². The van der Waals surface area contributed by atoms with E-state index in [1.54, 1.807) is 0 Å². The summed E-state index contributed by atoms with van der Waals surface area (Å²) in [6.07, 6.45) is 6.49. The molecule has 0 aliphatic carbocycles. The molecule has 2 aromatic rings. The van der Waals surface area contributed by atoms with Gasteiger partial charge in [0.1, 0.15) is 0 Å². The minimum absolute atomic E-state index is 0.676. The summed E-state index contributed by atoms with van der Waals surface area (Å²) in [4.78, 5) is 7.15. The number of hydrogen-bond acceptors (Lipinski definition) is 3. The van der Waals surface area contributed by atoms with Gasteiger partial charge in [0.15, 0.2) is 0 Å². The molecule has 3 heterocycles. The first-order chi connectivity index (χ1) is 8.83. The van der Waals surface area contributed by atoms with E-state index >= 15 is 0 Å². The fourth-order valence-corrected chi connectivity index (χ4v) is 3.55. The highest BCUT2D eigenvalue weighted by Gasteiger charge is 2.18. The van der Waals surface area contributed by atoms with Crippen LogP contribution in [0.1, 0.15) is 34.2 Å². The number of nitrogens with zero attached hydrogens (tertiary/aromatic N) is 2. The Morgan fingerprint density at radius 1 is 1.39 bits per heavy atom. The first-order valence-electron chi connectivity index (χ1n) is 6.59. The van der Waals surface area contributed by atoms with E-state index in [4.69, 9.17) is 0 Å². The van der Waals surface area contributed by atoms with E-state index in [9.17, 15) is 0 Å². The van der Waals surface area contributed by atoms with E-state index in [2.05, 4.69) is 40.1 Å². The summed E-state index contributed by atoms with van der Waals surface area (Å²) >= 11 is 1.88. The molecule has 1 aliphatic rings. The van der Waals surface area contributed by atoms with E-state index in [-0.39, 0.29) is 0 Å². The molecule has 1 aliphatic heterocycles. The molecule has 0 spiro atoms. The fraction of sp³-hybridized carbons (Fsp3) is 0.500. The van der Waals surface area contributed by atoms with Gasteiger partial charge in [0.2, 0.25) is 0 Å². The van der Waals surface area contributed by atoms with Crippen LogP contribution < -0.4 is 5.32 Å². The average Bonchev–Trinajstić information content (AvgIpc) is 3.00. The number of piperidine rings is 1. The number of hydrogen-bond donors (Lipinski definition) is 1. The molecule has 0 bridgehead atoms. The molecule has 0 radical (unpaired) electrons. The van der Waals surface area contributed by atoms with Gasteiger partial charge in [0.25, 0.3) is 0 Å². The van der Waals surface area contributed by atoms with E-state index in [0.29, 0.717) is 5.92 Å². The van der Waals surface area contributed by atoms with Crippen LogP contribution in [0, 0.1) is 6.92 Å². The predicted octanol–water partition coefficient (Wildman–Crippen LogP) is 2.77. The lowest BCUT2D eigenvalue weighted by molar-refractivity contribution is 0.442. The largest absolute Gasteiger partial charge is 0.329 e. The van der Waals surface area contributed by atoms with Crippen molar-refractivity contribution in [1.29, 1.82) is 0 Å². The van der Waals surface area contributed by atoms with Crippen LogP contribution in [0.4, 0.5) is 0 Å². The van der Waals surface area contributed by atoms with Gasteiger partial charge >= 0.3 is 0 Å². The number of nitrogens with one attached hydrogen (secondary N) is 1. The van der Waals surface area contributed by atoms with Gasteiger partial charge in [-0.2, -0.15) is 0 Å². The Morgan fingerprint density at radius 3 is 2.94 bits per heavy atom. The molecule has 0 saturated carbocycles. The van der Waals surface area contributed by atoms with E-state index in [1.807, 2.05) is 17.7 Å². The monoisotopic (exact) mass is 261 g/mol. The van der Waals surface area contributed by atoms with Crippen LogP contribution in [0.25, 0.3) is 0 Å². The minimum atomic E-state index is 0.676. The van der Waals surface area contributed by atoms with Crippen LogP contribution in [0.2, 0.25) is 0 Å². The molecular formula is C14H19N3S. The molecule has 3 nitrogen and oxygen atoms in total. The zero-order chi connectivity index (χ0) is 12.4. The van der Waals surface area contributed by atoms with Gasteiger partial charge in [0.05, 0.1) is 12.9 Å². The lowest BCUT2D eigenvalue weighted by Gasteiger charge is -2.23. The summed E-state index contributed by atoms with van der Waals surface area (Å²) in [7, 11) is 0. The van der Waals surface area contributed by atoms with Gasteiger partial charge < -0.3 is 9.88 Å². The second kappa shape index (κ2) is 5.24. The van der Waals surface area contributed by atoms with Crippen molar-refractivity contribution in [3.8, 4) is 0 Å². The van der Waals surface area contributed by atoms with Crippen molar-refractivity contribution in [3.05, 3.63) is 40.1 Å². The summed E-state index contributed by atoms with van der Waals surface area (Å²) < 4.78 is 2.32. The van der Waals surface area contributed by atoms with Crippen molar-refractivity contribution in [2.24, 2.45) is 0 Å². The van der Waals surface area contributed by atoms with Crippen molar-refractivity contribution < 1.29 is 0 Å². The van der Waals surface area contributed by atoms with Gasteiger partial charge in [-0.05, 0) is 45.0 Å². The first-order valence-corrected chi connectivity index (χ1v) is 7.40. The summed E-state index contributed by atoms with van der Waals surface area (Å²) in [6.45, 7) is 5.40. The van der Waals surface area contributed by atoms with Crippen LogP contribution in [0.5, 0.6) is 0 Å². The molecule has 1 fully saturated rings. The van der Waals surface area contributed by atoms with Gasteiger partial charge in [-0.3, -0.25) is 0 Å². The van der Waals surface area contributed by atoms with Gasteiger partial charge in [-0.15, -0.1) is 11.3 Å². The van der Waals surface area contributed by atoms with E-state index in [1.165, 1.54) is 28.3 Å². The Balaban J connectivity index is 1.78. The molecule has 0 amide bonds. The molecule has 0 aromatic carbocycles. The number of aromatic nitrogens is 2. The third kappa shape index (κ3) is 2.49. The lowest BCUT2D eigenvalue weighted by atomic mass is 9.95. The maximum Gasteiger partial charge on any atom is 0.0951 e. The molecule has 96 valence electrons. The molecule has 0 unspecified atom stereocenters. The topological polar surface area (TPSA) is 29.9 Å². The van der Waals surface area contributed by atoms with Crippen LogP contribution in [-0.4, -0.2) is 22.6 Å². The smallest absolute Gasteiger partial charge is 0.0951 e. The summed E-state index contributed by atoms with van der Waals surface area (Å²) in [5, 5.41) is 3.42. The SMILES string of the molecule is Cc1ccc(Cn2cncc2C2CCNCC2)s1. The maximum absolute atomic E-state index is 4.35. The predicted molar refractivity (Wildman–Crippen MR) is 75.2 cm³/mol. The van der Waals surface area contributed by atoms with Crippen LogP contribution in [0.15, 0.2) is 24.7 Å². The van der Waals surface area contributed by atoms with Crippen LogP contribution in [-0.2, 0) is 6.54 Å². The van der Waals surface area contributed by atoms with Gasteiger partial charge in [-0.25, -0.2) is 4.98 Å². The highest BCUT2D eigenvalue weighted by atomic mass is 32.1. The molecule has 1 saturated heterocycles. The molecule has 2 aromatic heterocycles. The zero-order valence-corrected chi connectivity index (χ0v) is 11.5. The molecular weight excluding hydrogens is 242 g/mol. The average molecular weight is 261 g/mol. The molecule has 4 heteroatoms. The number of rotatable bonds is 3. The van der Waals surface area contributed by atoms with Gasteiger partial charge in [0, 0.05) is 27.6 Å². The van der Waals surface area contributed by atoms with Gasteiger partial charge in [-0.1, -0.05) is 0 Å². The molecule has 18 heavy (non-hydrogen) atoms. The van der Waals surface area contributed by atoms with Crippen molar-refractivity contribution >= 4 is 11.3 Å². The second-order valence-electron chi connectivity index (χ2n) is 4.98. The number of thiophene rings is 1. The quantitative estimate of drug-likeness (QED) is 0.920. The Morgan fingerprint density at radius 2 is 2.22 bits per heavy atom. The normalized spacial score (nSPS) is 17.2. The number of imidazole rings is 1. The summed E-state index contributed by atoms with van der Waals surface area (Å²) in [5.74, 6) is 0.676. The van der Waals surface area contributed by atoms with Crippen molar-refractivity contribution in [2.45, 2.75) is 32.2 Å².